The van der Waals surface area contributed by atoms with Gasteiger partial charge < -0.3 is 5.11 Å². The van der Waals surface area contributed by atoms with Gasteiger partial charge in [-0.3, -0.25) is 0 Å². The molecule has 3 unspecified atom stereocenters. The number of hydrogen-bond acceptors (Lipinski definition) is 1. The highest BCUT2D eigenvalue weighted by atomic mass is 31.0. The summed E-state index contributed by atoms with van der Waals surface area (Å²) in [5, 5.41) is 9.12. The normalized spacial score (nSPS) is 16.4. The summed E-state index contributed by atoms with van der Waals surface area (Å²) in [7, 11) is 2.45. The maximum atomic E-state index is 9.12. The minimum atomic E-state index is -0.197. The van der Waals surface area contributed by atoms with E-state index in [4.69, 9.17) is 5.11 Å². The summed E-state index contributed by atoms with van der Waals surface area (Å²) in [5.74, 6) is 0.527. The molecule has 0 aromatic carbocycles. The van der Waals surface area contributed by atoms with E-state index in [9.17, 15) is 0 Å². The van der Waals surface area contributed by atoms with E-state index in [1.807, 2.05) is 0 Å². The van der Waals surface area contributed by atoms with Crippen molar-refractivity contribution in [2.75, 3.05) is 0 Å². The van der Waals surface area contributed by atoms with Gasteiger partial charge in [0.25, 0.3) is 0 Å². The van der Waals surface area contributed by atoms with E-state index >= 15 is 0 Å². The molecule has 0 amide bonds. The van der Waals surface area contributed by atoms with E-state index in [1.165, 1.54) is 25.7 Å². The van der Waals surface area contributed by atoms with Crippen LogP contribution in [0.15, 0.2) is 0 Å². The highest BCUT2D eigenvalue weighted by Crippen LogP contribution is 2.20. The van der Waals surface area contributed by atoms with Gasteiger partial charge in [-0.1, -0.05) is 39.5 Å². The Morgan fingerprint density at radius 3 is 2.36 bits per heavy atom. The largest absolute Gasteiger partial charge is 0.389 e. The third kappa shape index (κ3) is 6.77. The Balaban J connectivity index is 3.41. The SMILES string of the molecule is CCCCC(CC)CC(O)P. The highest BCUT2D eigenvalue weighted by Gasteiger charge is 2.08. The molecule has 0 saturated carbocycles. The van der Waals surface area contributed by atoms with Gasteiger partial charge in [0.05, 0.1) is 5.85 Å². The predicted octanol–water partition coefficient (Wildman–Crippen LogP) is 2.79. The van der Waals surface area contributed by atoms with Crippen LogP contribution in [0.3, 0.4) is 0 Å². The van der Waals surface area contributed by atoms with Crippen molar-refractivity contribution in [3.63, 3.8) is 0 Å². The Morgan fingerprint density at radius 1 is 1.36 bits per heavy atom. The number of unbranched alkanes of at least 4 members (excludes halogenated alkanes) is 1. The van der Waals surface area contributed by atoms with Gasteiger partial charge in [-0.15, -0.1) is 9.24 Å². The smallest absolute Gasteiger partial charge is 0.0676 e. The van der Waals surface area contributed by atoms with E-state index in [0.29, 0.717) is 0 Å². The van der Waals surface area contributed by atoms with Crippen LogP contribution in [0.1, 0.15) is 46.0 Å². The van der Waals surface area contributed by atoms with E-state index in [2.05, 4.69) is 23.1 Å². The molecule has 0 aromatic rings. The summed E-state index contributed by atoms with van der Waals surface area (Å²) in [5.41, 5.74) is 0. The first-order valence-corrected chi connectivity index (χ1v) is 5.31. The fraction of sp³-hybridized carbons (Fsp3) is 1.00. The first-order chi connectivity index (χ1) is 5.20. The summed E-state index contributed by atoms with van der Waals surface area (Å²) < 4.78 is 0. The lowest BCUT2D eigenvalue weighted by Crippen LogP contribution is -2.06. The molecule has 0 fully saturated rings. The van der Waals surface area contributed by atoms with Crippen LogP contribution in [0.5, 0.6) is 0 Å². The molecule has 0 aliphatic rings. The third-order valence-corrected chi connectivity index (χ3v) is 2.39. The van der Waals surface area contributed by atoms with Crippen molar-refractivity contribution in [2.24, 2.45) is 5.92 Å². The van der Waals surface area contributed by atoms with Gasteiger partial charge >= 0.3 is 0 Å². The third-order valence-electron chi connectivity index (χ3n) is 2.12. The van der Waals surface area contributed by atoms with Crippen LogP contribution in [0.25, 0.3) is 0 Å². The molecule has 0 bridgehead atoms. The Hall–Kier alpha value is 0.390. The molecule has 0 rings (SSSR count). The van der Waals surface area contributed by atoms with Gasteiger partial charge in [0, 0.05) is 0 Å². The molecular weight excluding hydrogens is 155 g/mol. The molecule has 0 saturated heterocycles. The lowest BCUT2D eigenvalue weighted by atomic mass is 9.96. The van der Waals surface area contributed by atoms with Crippen molar-refractivity contribution in [3.05, 3.63) is 0 Å². The average molecular weight is 176 g/mol. The van der Waals surface area contributed by atoms with Crippen LogP contribution >= 0.6 is 9.24 Å². The first-order valence-electron chi connectivity index (χ1n) is 4.64. The van der Waals surface area contributed by atoms with E-state index in [-0.39, 0.29) is 5.85 Å². The van der Waals surface area contributed by atoms with Gasteiger partial charge in [0.15, 0.2) is 0 Å². The monoisotopic (exact) mass is 176 g/mol. The minimum absolute atomic E-state index is 0.197. The van der Waals surface area contributed by atoms with Crippen LogP contribution in [-0.2, 0) is 0 Å². The second kappa shape index (κ2) is 7.06. The molecule has 3 atom stereocenters. The zero-order valence-electron chi connectivity index (χ0n) is 7.71. The number of rotatable bonds is 6. The van der Waals surface area contributed by atoms with Crippen LogP contribution in [0, 0.1) is 5.92 Å². The van der Waals surface area contributed by atoms with Crippen molar-refractivity contribution in [2.45, 2.75) is 51.8 Å². The van der Waals surface area contributed by atoms with Crippen LogP contribution in [0.2, 0.25) is 0 Å². The number of aliphatic hydroxyl groups is 1. The quantitative estimate of drug-likeness (QED) is 0.617. The summed E-state index contributed by atoms with van der Waals surface area (Å²) >= 11 is 0. The molecule has 68 valence electrons. The summed E-state index contributed by atoms with van der Waals surface area (Å²) in [6, 6.07) is 0. The molecule has 0 spiro atoms. The van der Waals surface area contributed by atoms with Crippen LogP contribution in [-0.4, -0.2) is 11.0 Å². The lowest BCUT2D eigenvalue weighted by Gasteiger charge is -2.15. The van der Waals surface area contributed by atoms with Crippen molar-refractivity contribution < 1.29 is 5.11 Å². The molecule has 11 heavy (non-hydrogen) atoms. The van der Waals surface area contributed by atoms with E-state index in [0.717, 1.165) is 12.3 Å². The minimum Gasteiger partial charge on any atom is -0.389 e. The zero-order chi connectivity index (χ0) is 8.69. The van der Waals surface area contributed by atoms with E-state index < -0.39 is 0 Å². The first kappa shape index (κ1) is 11.4. The summed E-state index contributed by atoms with van der Waals surface area (Å²) in [6.45, 7) is 4.41. The zero-order valence-corrected chi connectivity index (χ0v) is 8.87. The molecule has 0 aliphatic carbocycles. The molecular formula is C9H21OP. The Kier molecular flexibility index (Phi) is 7.31. The van der Waals surface area contributed by atoms with Gasteiger partial charge in [-0.25, -0.2) is 0 Å². The fourth-order valence-corrected chi connectivity index (χ4v) is 1.71. The standard InChI is InChI=1S/C9H21OP/c1-3-5-6-8(4-2)7-9(10)11/h8-10H,3-7,11H2,1-2H3. The molecule has 0 heterocycles. The highest BCUT2D eigenvalue weighted by molar-refractivity contribution is 7.17. The number of hydrogen-bond donors (Lipinski definition) is 1. The molecule has 0 radical (unpaired) electrons. The van der Waals surface area contributed by atoms with E-state index in [1.54, 1.807) is 0 Å². The Labute approximate surface area is 72.8 Å². The second-order valence-corrected chi connectivity index (χ2v) is 3.99. The second-order valence-electron chi connectivity index (χ2n) is 3.22. The van der Waals surface area contributed by atoms with Gasteiger partial charge in [-0.05, 0) is 12.3 Å². The van der Waals surface area contributed by atoms with Crippen molar-refractivity contribution in [3.8, 4) is 0 Å². The number of aliphatic hydroxyl groups excluding tert-OH is 1. The van der Waals surface area contributed by atoms with Gasteiger partial charge in [0.1, 0.15) is 0 Å². The summed E-state index contributed by atoms with van der Waals surface area (Å²) in [6.07, 6.45) is 5.99. The van der Waals surface area contributed by atoms with Gasteiger partial charge in [-0.2, -0.15) is 0 Å². The topological polar surface area (TPSA) is 20.2 Å². The fourth-order valence-electron chi connectivity index (χ4n) is 1.32. The Bertz CT molecular complexity index is 83.6. The molecule has 2 heteroatoms. The van der Waals surface area contributed by atoms with Crippen LogP contribution < -0.4 is 0 Å². The molecule has 1 nitrogen and oxygen atoms in total. The van der Waals surface area contributed by atoms with Crippen LogP contribution in [0.4, 0.5) is 0 Å². The van der Waals surface area contributed by atoms with Crippen molar-refractivity contribution in [1.29, 1.82) is 0 Å². The predicted molar refractivity (Wildman–Crippen MR) is 53.6 cm³/mol. The summed E-state index contributed by atoms with van der Waals surface area (Å²) in [4.78, 5) is 0. The molecule has 1 N–H and O–H groups in total. The lowest BCUT2D eigenvalue weighted by molar-refractivity contribution is 0.215. The van der Waals surface area contributed by atoms with Gasteiger partial charge in [0.2, 0.25) is 0 Å². The molecule has 0 aromatic heterocycles. The maximum absolute atomic E-state index is 9.12. The van der Waals surface area contributed by atoms with Crippen molar-refractivity contribution in [1.82, 2.24) is 0 Å². The van der Waals surface area contributed by atoms with Crippen molar-refractivity contribution >= 4 is 9.24 Å². The average Bonchev–Trinajstić information content (AvgIpc) is 1.97. The maximum Gasteiger partial charge on any atom is 0.0676 e. The molecule has 0 aliphatic heterocycles. The Morgan fingerprint density at radius 2 is 2.00 bits per heavy atom.